The Balaban J connectivity index is 1.44. The fourth-order valence-corrected chi connectivity index (χ4v) is 4.17. The molecule has 2 N–H and O–H groups in total. The van der Waals surface area contributed by atoms with Gasteiger partial charge in [0.2, 0.25) is 11.8 Å². The second-order valence-corrected chi connectivity index (χ2v) is 8.66. The maximum Gasteiger partial charge on any atom is 0.270 e. The summed E-state index contributed by atoms with van der Waals surface area (Å²) in [6.07, 6.45) is 0.115. The van der Waals surface area contributed by atoms with E-state index in [0.717, 1.165) is 22.6 Å². The van der Waals surface area contributed by atoms with Crippen LogP contribution in [0.2, 0.25) is 5.02 Å². The van der Waals surface area contributed by atoms with Gasteiger partial charge in [-0.15, -0.1) is 0 Å². The highest BCUT2D eigenvalue weighted by molar-refractivity contribution is 6.31. The van der Waals surface area contributed by atoms with E-state index in [2.05, 4.69) is 10.7 Å². The first kappa shape index (κ1) is 22.6. The van der Waals surface area contributed by atoms with Crippen LogP contribution in [0.1, 0.15) is 33.7 Å². The topological polar surface area (TPSA) is 83.4 Å². The van der Waals surface area contributed by atoms with Crippen molar-refractivity contribution in [2.24, 2.45) is 5.92 Å². The molecule has 1 fully saturated rings. The molecule has 33 heavy (non-hydrogen) atoms. The second-order valence-electron chi connectivity index (χ2n) is 8.25. The number of nitrogens with one attached hydrogen (secondary N) is 2. The fourth-order valence-electron chi connectivity index (χ4n) is 4.00. The third-order valence-electron chi connectivity index (χ3n) is 5.90. The molecule has 2 heterocycles. The quantitative estimate of drug-likeness (QED) is 0.585. The molecular formula is C25H25ClN4O3. The third-order valence-corrected chi connectivity index (χ3v) is 6.31. The molecule has 0 aliphatic carbocycles. The summed E-state index contributed by atoms with van der Waals surface area (Å²) in [7, 11) is 0. The molecule has 1 aliphatic heterocycles. The first-order chi connectivity index (χ1) is 15.7. The molecule has 1 aromatic heterocycles. The summed E-state index contributed by atoms with van der Waals surface area (Å²) in [5.74, 6) is -1.17. The maximum absolute atomic E-state index is 12.9. The Morgan fingerprint density at radius 1 is 1.00 bits per heavy atom. The minimum absolute atomic E-state index is 0.115. The van der Waals surface area contributed by atoms with Crippen molar-refractivity contribution in [2.75, 3.05) is 22.2 Å². The van der Waals surface area contributed by atoms with Crippen LogP contribution in [-0.2, 0) is 9.59 Å². The van der Waals surface area contributed by atoms with E-state index in [1.807, 2.05) is 39.0 Å². The zero-order chi connectivity index (χ0) is 23.7. The Labute approximate surface area is 197 Å². The van der Waals surface area contributed by atoms with Gasteiger partial charge in [-0.2, -0.15) is 0 Å². The monoisotopic (exact) mass is 464 g/mol. The van der Waals surface area contributed by atoms with Gasteiger partial charge < -0.3 is 10.2 Å². The number of rotatable bonds is 5. The van der Waals surface area contributed by atoms with Gasteiger partial charge in [0.1, 0.15) is 0 Å². The third kappa shape index (κ3) is 4.64. The van der Waals surface area contributed by atoms with Crippen LogP contribution in [-0.4, -0.2) is 28.9 Å². The Kier molecular flexibility index (Phi) is 6.24. The summed E-state index contributed by atoms with van der Waals surface area (Å²) in [6.45, 7) is 5.94. The van der Waals surface area contributed by atoms with Crippen molar-refractivity contribution < 1.29 is 14.4 Å². The van der Waals surface area contributed by atoms with Crippen LogP contribution in [0.5, 0.6) is 0 Å². The van der Waals surface area contributed by atoms with E-state index in [9.17, 15) is 14.4 Å². The SMILES string of the molecule is Cc1c(Cl)cccc1N1C[C@@H](C(=O)Nc2cccc(C(=O)Nn3c(C)ccc3C)c2)CC1=O. The average molecular weight is 465 g/mol. The number of carbonyl (C=O) groups is 3. The van der Waals surface area contributed by atoms with Gasteiger partial charge in [-0.25, -0.2) is 0 Å². The van der Waals surface area contributed by atoms with Crippen LogP contribution in [0.15, 0.2) is 54.6 Å². The highest BCUT2D eigenvalue weighted by Crippen LogP contribution is 2.31. The second kappa shape index (κ2) is 9.11. The average Bonchev–Trinajstić information content (AvgIpc) is 3.33. The van der Waals surface area contributed by atoms with Crippen molar-refractivity contribution in [3.05, 3.63) is 82.1 Å². The van der Waals surface area contributed by atoms with E-state index in [0.29, 0.717) is 16.3 Å². The van der Waals surface area contributed by atoms with E-state index in [4.69, 9.17) is 11.6 Å². The fraction of sp³-hybridized carbons (Fsp3) is 0.240. The minimum atomic E-state index is -0.501. The molecule has 2 aromatic carbocycles. The summed E-state index contributed by atoms with van der Waals surface area (Å²) in [5, 5.41) is 3.43. The summed E-state index contributed by atoms with van der Waals surface area (Å²) < 4.78 is 1.71. The lowest BCUT2D eigenvalue weighted by Crippen LogP contribution is -2.28. The molecule has 0 spiro atoms. The number of carbonyl (C=O) groups excluding carboxylic acids is 3. The van der Waals surface area contributed by atoms with Gasteiger partial charge in [0, 0.05) is 46.3 Å². The van der Waals surface area contributed by atoms with Crippen LogP contribution >= 0.6 is 11.6 Å². The van der Waals surface area contributed by atoms with Crippen LogP contribution in [0.25, 0.3) is 0 Å². The number of aryl methyl sites for hydroxylation is 2. The van der Waals surface area contributed by atoms with Crippen LogP contribution in [0, 0.1) is 26.7 Å². The lowest BCUT2D eigenvalue weighted by molar-refractivity contribution is -0.122. The number of benzene rings is 2. The predicted molar refractivity (Wildman–Crippen MR) is 129 cm³/mol. The first-order valence-corrected chi connectivity index (χ1v) is 11.0. The molecule has 4 rings (SSSR count). The molecule has 3 aromatic rings. The van der Waals surface area contributed by atoms with Crippen LogP contribution in [0.3, 0.4) is 0 Å². The Morgan fingerprint density at radius 3 is 2.42 bits per heavy atom. The molecule has 1 saturated heterocycles. The highest BCUT2D eigenvalue weighted by Gasteiger charge is 2.36. The lowest BCUT2D eigenvalue weighted by Gasteiger charge is -2.19. The van der Waals surface area contributed by atoms with Crippen molar-refractivity contribution in [3.63, 3.8) is 0 Å². The van der Waals surface area contributed by atoms with Crippen LogP contribution in [0.4, 0.5) is 11.4 Å². The molecule has 1 atom stereocenters. The van der Waals surface area contributed by atoms with Crippen LogP contribution < -0.4 is 15.6 Å². The van der Waals surface area contributed by atoms with E-state index >= 15 is 0 Å². The standard InChI is InChI=1S/C25H25ClN4O3/c1-15-10-11-16(2)30(15)28-25(33)18-6-4-7-20(12-18)27-24(32)19-13-23(31)29(14-19)22-9-5-8-21(26)17(22)3/h4-12,19H,13-14H2,1-3H3,(H,27,32)(H,28,33)/t19-/m0/s1. The van der Waals surface area contributed by atoms with Gasteiger partial charge in [-0.1, -0.05) is 23.7 Å². The van der Waals surface area contributed by atoms with E-state index in [-0.39, 0.29) is 30.7 Å². The van der Waals surface area contributed by atoms with Gasteiger partial charge in [0.05, 0.1) is 5.92 Å². The smallest absolute Gasteiger partial charge is 0.270 e. The largest absolute Gasteiger partial charge is 0.326 e. The van der Waals surface area contributed by atoms with Gasteiger partial charge in [0.25, 0.3) is 5.91 Å². The zero-order valence-electron chi connectivity index (χ0n) is 18.7. The molecule has 170 valence electrons. The van der Waals surface area contributed by atoms with Gasteiger partial charge in [-0.3, -0.25) is 24.5 Å². The van der Waals surface area contributed by atoms with E-state index in [1.54, 1.807) is 46.0 Å². The number of hydrogen-bond donors (Lipinski definition) is 2. The molecular weight excluding hydrogens is 440 g/mol. The lowest BCUT2D eigenvalue weighted by atomic mass is 10.1. The van der Waals surface area contributed by atoms with E-state index in [1.165, 1.54) is 0 Å². The number of amides is 3. The number of anilines is 2. The Morgan fingerprint density at radius 2 is 1.70 bits per heavy atom. The Bertz CT molecular complexity index is 1230. The number of halogens is 1. The maximum atomic E-state index is 12.9. The van der Waals surface area contributed by atoms with Gasteiger partial charge in [-0.05, 0) is 68.8 Å². The molecule has 3 amide bonds. The van der Waals surface area contributed by atoms with E-state index < -0.39 is 5.92 Å². The zero-order valence-corrected chi connectivity index (χ0v) is 19.4. The van der Waals surface area contributed by atoms with Gasteiger partial charge >= 0.3 is 0 Å². The molecule has 0 unspecified atom stereocenters. The normalized spacial score (nSPS) is 15.6. The molecule has 7 nitrogen and oxygen atoms in total. The van der Waals surface area contributed by atoms with Crippen molar-refractivity contribution >= 4 is 40.7 Å². The summed E-state index contributed by atoms with van der Waals surface area (Å²) in [4.78, 5) is 39.8. The molecule has 0 radical (unpaired) electrons. The predicted octanol–water partition coefficient (Wildman–Crippen LogP) is 4.44. The number of hydrogen-bond acceptors (Lipinski definition) is 3. The highest BCUT2D eigenvalue weighted by atomic mass is 35.5. The van der Waals surface area contributed by atoms with Crippen molar-refractivity contribution in [3.8, 4) is 0 Å². The first-order valence-electron chi connectivity index (χ1n) is 10.7. The van der Waals surface area contributed by atoms with Crippen molar-refractivity contribution in [1.29, 1.82) is 0 Å². The number of aromatic nitrogens is 1. The Hall–Kier alpha value is -3.58. The number of nitrogens with zero attached hydrogens (tertiary/aromatic N) is 2. The summed E-state index contributed by atoms with van der Waals surface area (Å²) in [5.41, 5.74) is 7.12. The molecule has 1 aliphatic rings. The molecule has 8 heteroatoms. The van der Waals surface area contributed by atoms with Crippen molar-refractivity contribution in [2.45, 2.75) is 27.2 Å². The molecule has 0 bridgehead atoms. The van der Waals surface area contributed by atoms with Gasteiger partial charge in [0.15, 0.2) is 0 Å². The minimum Gasteiger partial charge on any atom is -0.326 e. The summed E-state index contributed by atoms with van der Waals surface area (Å²) >= 11 is 6.20. The summed E-state index contributed by atoms with van der Waals surface area (Å²) in [6, 6.07) is 16.0. The molecule has 0 saturated carbocycles. The van der Waals surface area contributed by atoms with Crippen molar-refractivity contribution in [1.82, 2.24) is 4.68 Å².